The zero-order chi connectivity index (χ0) is 16.0. The molecular weight excluding hydrogens is 286 g/mol. The van der Waals surface area contributed by atoms with Crippen molar-refractivity contribution in [1.82, 2.24) is 4.90 Å². The smallest absolute Gasteiger partial charge is 0.135 e. The maximum absolute atomic E-state index is 10.9. The number of para-hydroxylation sites is 1. The molecule has 0 fully saturated rings. The van der Waals surface area contributed by atoms with Gasteiger partial charge in [-0.25, -0.2) is 0 Å². The first-order chi connectivity index (χ1) is 11.2. The molecule has 3 heteroatoms. The molecule has 2 aromatic carbocycles. The largest absolute Gasteiger partial charge is 0.456 e. The third-order valence-electron chi connectivity index (χ3n) is 4.66. The van der Waals surface area contributed by atoms with Crippen LogP contribution in [-0.4, -0.2) is 29.3 Å². The first kappa shape index (κ1) is 14.5. The van der Waals surface area contributed by atoms with Gasteiger partial charge in [0.25, 0.3) is 0 Å². The Bertz CT molecular complexity index is 794. The molecule has 2 heterocycles. The van der Waals surface area contributed by atoms with E-state index in [2.05, 4.69) is 30.9 Å². The number of rotatable bonds is 2. The van der Waals surface area contributed by atoms with Gasteiger partial charge in [-0.3, -0.25) is 4.90 Å². The molecule has 0 aromatic heterocycles. The summed E-state index contributed by atoms with van der Waals surface area (Å²) in [5.74, 6) is 1.69. The van der Waals surface area contributed by atoms with Crippen molar-refractivity contribution < 1.29 is 9.84 Å². The Hall–Kier alpha value is -2.10. The predicted molar refractivity (Wildman–Crippen MR) is 92.4 cm³/mol. The summed E-state index contributed by atoms with van der Waals surface area (Å²) in [4.78, 5) is 2.14. The van der Waals surface area contributed by atoms with E-state index in [1.807, 2.05) is 30.3 Å². The molecule has 2 aromatic rings. The van der Waals surface area contributed by atoms with Crippen molar-refractivity contribution in [3.63, 3.8) is 0 Å². The molecular formula is C20H21NO2. The van der Waals surface area contributed by atoms with Crippen LogP contribution in [-0.2, 0) is 0 Å². The zero-order valence-corrected chi connectivity index (χ0v) is 13.5. The van der Waals surface area contributed by atoms with Gasteiger partial charge < -0.3 is 9.84 Å². The van der Waals surface area contributed by atoms with E-state index in [-0.39, 0.29) is 0 Å². The van der Waals surface area contributed by atoms with Crippen LogP contribution in [0.1, 0.15) is 30.0 Å². The maximum Gasteiger partial charge on any atom is 0.135 e. The number of ether oxygens (including phenoxy) is 1. The highest BCUT2D eigenvalue weighted by Gasteiger charge is 2.36. The van der Waals surface area contributed by atoms with Crippen molar-refractivity contribution in [2.24, 2.45) is 0 Å². The van der Waals surface area contributed by atoms with Crippen molar-refractivity contribution in [2.45, 2.75) is 26.5 Å². The van der Waals surface area contributed by atoms with E-state index in [4.69, 9.17) is 4.74 Å². The lowest BCUT2D eigenvalue weighted by Crippen LogP contribution is -2.32. The number of aliphatic hydroxyl groups is 1. The van der Waals surface area contributed by atoms with Gasteiger partial charge in [0.1, 0.15) is 17.7 Å². The Balaban J connectivity index is 1.95. The van der Waals surface area contributed by atoms with Crippen molar-refractivity contribution in [3.8, 4) is 11.5 Å². The van der Waals surface area contributed by atoms with Crippen LogP contribution in [0.4, 0.5) is 0 Å². The van der Waals surface area contributed by atoms with Crippen LogP contribution in [0.2, 0.25) is 0 Å². The Kier molecular flexibility index (Phi) is 3.47. The van der Waals surface area contributed by atoms with Crippen LogP contribution in [0.15, 0.2) is 42.5 Å². The van der Waals surface area contributed by atoms with E-state index < -0.39 is 6.23 Å². The van der Waals surface area contributed by atoms with Gasteiger partial charge in [0.05, 0.1) is 0 Å². The zero-order valence-electron chi connectivity index (χ0n) is 13.5. The van der Waals surface area contributed by atoms with E-state index in [1.165, 1.54) is 11.1 Å². The third-order valence-corrected chi connectivity index (χ3v) is 4.66. The summed E-state index contributed by atoms with van der Waals surface area (Å²) in [5, 5.41) is 10.9. The number of hydrogen-bond donors (Lipinski definition) is 1. The summed E-state index contributed by atoms with van der Waals surface area (Å²) in [7, 11) is 0. The lowest BCUT2D eigenvalue weighted by atomic mass is 9.95. The first-order valence-corrected chi connectivity index (χ1v) is 8.22. The van der Waals surface area contributed by atoms with E-state index >= 15 is 0 Å². The van der Waals surface area contributed by atoms with Crippen molar-refractivity contribution in [3.05, 3.63) is 59.2 Å². The molecule has 2 aliphatic rings. The summed E-state index contributed by atoms with van der Waals surface area (Å²) in [5.41, 5.74) is 5.50. The molecule has 4 rings (SSSR count). The lowest BCUT2D eigenvalue weighted by Gasteiger charge is -2.23. The molecule has 3 nitrogen and oxygen atoms in total. The average Bonchev–Trinajstić information content (AvgIpc) is 2.79. The lowest BCUT2D eigenvalue weighted by molar-refractivity contribution is 0.0705. The minimum absolute atomic E-state index is 0.568. The fraction of sp³-hybridized carbons (Fsp3) is 0.300. The van der Waals surface area contributed by atoms with Gasteiger partial charge in [0, 0.05) is 29.8 Å². The van der Waals surface area contributed by atoms with Crippen LogP contribution in [0.25, 0.3) is 11.1 Å². The molecule has 0 spiro atoms. The average molecular weight is 307 g/mol. The fourth-order valence-corrected chi connectivity index (χ4v) is 3.60. The predicted octanol–water partition coefficient (Wildman–Crippen LogP) is 4.06. The van der Waals surface area contributed by atoms with E-state index in [0.29, 0.717) is 0 Å². The van der Waals surface area contributed by atoms with Gasteiger partial charge in [-0.05, 0) is 37.1 Å². The SMILES string of the molecule is CCCN1CC2=C(c3ccccc3Oc3ccc(C)cc32)C1O. The fourth-order valence-electron chi connectivity index (χ4n) is 3.60. The number of aliphatic hydroxyl groups excluding tert-OH is 1. The molecule has 118 valence electrons. The summed E-state index contributed by atoms with van der Waals surface area (Å²) >= 11 is 0. The number of aryl methyl sites for hydroxylation is 1. The van der Waals surface area contributed by atoms with Gasteiger partial charge in [-0.2, -0.15) is 0 Å². The number of benzene rings is 2. The highest BCUT2D eigenvalue weighted by molar-refractivity contribution is 5.99. The van der Waals surface area contributed by atoms with Crippen molar-refractivity contribution in [2.75, 3.05) is 13.1 Å². The van der Waals surface area contributed by atoms with Crippen LogP contribution < -0.4 is 4.74 Å². The second-order valence-corrected chi connectivity index (χ2v) is 6.33. The highest BCUT2D eigenvalue weighted by atomic mass is 16.5. The molecule has 2 aliphatic heterocycles. The van der Waals surface area contributed by atoms with Gasteiger partial charge >= 0.3 is 0 Å². The molecule has 1 atom stereocenters. The molecule has 0 aliphatic carbocycles. The van der Waals surface area contributed by atoms with Gasteiger partial charge in [-0.15, -0.1) is 0 Å². The minimum atomic E-state index is -0.568. The molecule has 0 amide bonds. The topological polar surface area (TPSA) is 32.7 Å². The molecule has 0 saturated carbocycles. The third kappa shape index (κ3) is 2.28. The summed E-state index contributed by atoms with van der Waals surface area (Å²) in [6, 6.07) is 14.3. The van der Waals surface area contributed by atoms with Crippen LogP contribution in [0.5, 0.6) is 11.5 Å². The summed E-state index contributed by atoms with van der Waals surface area (Å²) < 4.78 is 6.17. The molecule has 1 unspecified atom stereocenters. The Morgan fingerprint density at radius 3 is 2.74 bits per heavy atom. The highest BCUT2D eigenvalue weighted by Crippen LogP contribution is 2.47. The van der Waals surface area contributed by atoms with Crippen LogP contribution in [0.3, 0.4) is 0 Å². The normalized spacial score (nSPS) is 19.7. The van der Waals surface area contributed by atoms with Crippen LogP contribution >= 0.6 is 0 Å². The molecule has 0 saturated heterocycles. The molecule has 0 bridgehead atoms. The van der Waals surface area contributed by atoms with Crippen molar-refractivity contribution >= 4 is 11.1 Å². The van der Waals surface area contributed by atoms with E-state index in [0.717, 1.165) is 47.7 Å². The molecule has 23 heavy (non-hydrogen) atoms. The van der Waals surface area contributed by atoms with Gasteiger partial charge in [0.2, 0.25) is 0 Å². The second-order valence-electron chi connectivity index (χ2n) is 6.33. The van der Waals surface area contributed by atoms with Gasteiger partial charge in [0.15, 0.2) is 0 Å². The number of fused-ring (bicyclic) bond motifs is 4. The van der Waals surface area contributed by atoms with Crippen LogP contribution in [0, 0.1) is 6.92 Å². The molecule has 0 radical (unpaired) electrons. The Morgan fingerprint density at radius 1 is 1.13 bits per heavy atom. The quantitative estimate of drug-likeness (QED) is 0.908. The summed E-state index contributed by atoms with van der Waals surface area (Å²) in [6.07, 6.45) is 0.456. The van der Waals surface area contributed by atoms with E-state index in [9.17, 15) is 5.11 Å². The maximum atomic E-state index is 10.9. The Labute approximate surface area is 136 Å². The van der Waals surface area contributed by atoms with E-state index in [1.54, 1.807) is 0 Å². The summed E-state index contributed by atoms with van der Waals surface area (Å²) in [6.45, 7) is 5.88. The van der Waals surface area contributed by atoms with Crippen molar-refractivity contribution in [1.29, 1.82) is 0 Å². The number of hydrogen-bond acceptors (Lipinski definition) is 3. The van der Waals surface area contributed by atoms with Gasteiger partial charge in [-0.1, -0.05) is 36.8 Å². The first-order valence-electron chi connectivity index (χ1n) is 8.22. The number of nitrogens with zero attached hydrogens (tertiary/aromatic N) is 1. The molecule has 1 N–H and O–H groups in total. The monoisotopic (exact) mass is 307 g/mol. The standard InChI is InChI=1S/C20H21NO2/c1-3-10-21-12-16-15-11-13(2)8-9-18(15)23-17-7-5-4-6-14(17)19(16)20(21)22/h4-9,11,20,22H,3,10,12H2,1-2H3. The second kappa shape index (κ2) is 5.52. The minimum Gasteiger partial charge on any atom is -0.456 e. The Morgan fingerprint density at radius 2 is 1.91 bits per heavy atom.